The molecule has 0 radical (unpaired) electrons. The smallest absolute Gasteiger partial charge is 0.135 e. The first-order valence-corrected chi connectivity index (χ1v) is 5.49. The van der Waals surface area contributed by atoms with E-state index in [1.807, 2.05) is 6.33 Å². The minimum atomic E-state index is 0.648. The third kappa shape index (κ3) is 1.95. The van der Waals surface area contributed by atoms with Gasteiger partial charge in [-0.1, -0.05) is 12.8 Å². The maximum absolute atomic E-state index is 5.49. The number of aryl methyl sites for hydroxylation is 1. The number of rotatable bonds is 4. The SMILES string of the molecule is NCCCn1cnnc1C1CCCC1. The monoisotopic (exact) mass is 194 g/mol. The number of hydrogen-bond acceptors (Lipinski definition) is 3. The fourth-order valence-electron chi connectivity index (χ4n) is 2.20. The van der Waals surface area contributed by atoms with Crippen LogP contribution < -0.4 is 5.73 Å². The van der Waals surface area contributed by atoms with E-state index in [1.54, 1.807) is 0 Å². The van der Waals surface area contributed by atoms with E-state index in [2.05, 4.69) is 14.8 Å². The summed E-state index contributed by atoms with van der Waals surface area (Å²) in [4.78, 5) is 0. The summed E-state index contributed by atoms with van der Waals surface area (Å²) in [5.41, 5.74) is 5.49. The van der Waals surface area contributed by atoms with E-state index >= 15 is 0 Å². The van der Waals surface area contributed by atoms with Gasteiger partial charge in [0.05, 0.1) is 0 Å². The Bertz CT molecular complexity index is 275. The maximum Gasteiger partial charge on any atom is 0.135 e. The molecule has 0 aromatic carbocycles. The minimum absolute atomic E-state index is 0.648. The van der Waals surface area contributed by atoms with Gasteiger partial charge in [0.15, 0.2) is 0 Å². The van der Waals surface area contributed by atoms with Gasteiger partial charge in [0, 0.05) is 12.5 Å². The van der Waals surface area contributed by atoms with Crippen LogP contribution in [0.4, 0.5) is 0 Å². The predicted octanol–water partition coefficient (Wildman–Crippen LogP) is 1.28. The van der Waals surface area contributed by atoms with Crippen LogP contribution in [0.2, 0.25) is 0 Å². The zero-order chi connectivity index (χ0) is 9.80. The van der Waals surface area contributed by atoms with Crippen molar-refractivity contribution in [3.05, 3.63) is 12.2 Å². The lowest BCUT2D eigenvalue weighted by Gasteiger charge is -2.10. The number of nitrogens with two attached hydrogens (primary N) is 1. The largest absolute Gasteiger partial charge is 0.330 e. The van der Waals surface area contributed by atoms with Crippen molar-refractivity contribution in [2.75, 3.05) is 6.54 Å². The van der Waals surface area contributed by atoms with Gasteiger partial charge in [-0.3, -0.25) is 0 Å². The number of nitrogens with zero attached hydrogens (tertiary/aromatic N) is 3. The molecule has 1 heterocycles. The topological polar surface area (TPSA) is 56.7 Å². The molecule has 0 atom stereocenters. The zero-order valence-corrected chi connectivity index (χ0v) is 8.52. The highest BCUT2D eigenvalue weighted by Gasteiger charge is 2.21. The van der Waals surface area contributed by atoms with Gasteiger partial charge in [0.2, 0.25) is 0 Å². The number of hydrogen-bond donors (Lipinski definition) is 1. The molecule has 1 aromatic rings. The Kier molecular flexibility index (Phi) is 3.14. The van der Waals surface area contributed by atoms with Gasteiger partial charge in [-0.15, -0.1) is 10.2 Å². The Labute approximate surface area is 84.5 Å². The fourth-order valence-corrected chi connectivity index (χ4v) is 2.20. The van der Waals surface area contributed by atoms with E-state index in [0.717, 1.165) is 19.5 Å². The molecule has 1 saturated carbocycles. The molecule has 2 N–H and O–H groups in total. The van der Waals surface area contributed by atoms with Crippen molar-refractivity contribution in [2.24, 2.45) is 5.73 Å². The molecule has 0 spiro atoms. The average Bonchev–Trinajstić information content (AvgIpc) is 2.84. The molecule has 1 fully saturated rings. The van der Waals surface area contributed by atoms with Gasteiger partial charge >= 0.3 is 0 Å². The lowest BCUT2D eigenvalue weighted by Crippen LogP contribution is -2.10. The Morgan fingerprint density at radius 1 is 1.43 bits per heavy atom. The van der Waals surface area contributed by atoms with E-state index in [-0.39, 0.29) is 0 Å². The van der Waals surface area contributed by atoms with Gasteiger partial charge < -0.3 is 10.3 Å². The molecule has 0 amide bonds. The van der Waals surface area contributed by atoms with Crippen LogP contribution in [0.3, 0.4) is 0 Å². The van der Waals surface area contributed by atoms with E-state index in [9.17, 15) is 0 Å². The number of aromatic nitrogens is 3. The van der Waals surface area contributed by atoms with Crippen molar-refractivity contribution in [1.82, 2.24) is 14.8 Å². The standard InChI is InChI=1S/C10H18N4/c11-6-3-7-14-8-12-13-10(14)9-4-1-2-5-9/h8-9H,1-7,11H2. The molecule has 1 aliphatic carbocycles. The molecule has 4 nitrogen and oxygen atoms in total. The van der Waals surface area contributed by atoms with Gasteiger partial charge in [0.1, 0.15) is 12.2 Å². The van der Waals surface area contributed by atoms with Crippen LogP contribution in [0.1, 0.15) is 43.8 Å². The quantitative estimate of drug-likeness (QED) is 0.785. The summed E-state index contributed by atoms with van der Waals surface area (Å²) in [6.45, 7) is 1.71. The summed E-state index contributed by atoms with van der Waals surface area (Å²) in [5.74, 6) is 1.83. The van der Waals surface area contributed by atoms with E-state index in [4.69, 9.17) is 5.73 Å². The Balaban J connectivity index is 2.04. The summed E-state index contributed by atoms with van der Waals surface area (Å²) in [5, 5.41) is 8.22. The van der Waals surface area contributed by atoms with Crippen molar-refractivity contribution in [1.29, 1.82) is 0 Å². The molecule has 1 aliphatic rings. The molecular weight excluding hydrogens is 176 g/mol. The van der Waals surface area contributed by atoms with Gasteiger partial charge in [-0.25, -0.2) is 0 Å². The molecule has 78 valence electrons. The van der Waals surface area contributed by atoms with Crippen molar-refractivity contribution in [2.45, 2.75) is 44.6 Å². The van der Waals surface area contributed by atoms with E-state index < -0.39 is 0 Å². The molecule has 14 heavy (non-hydrogen) atoms. The first-order chi connectivity index (χ1) is 6.92. The summed E-state index contributed by atoms with van der Waals surface area (Å²) >= 11 is 0. The minimum Gasteiger partial charge on any atom is -0.330 e. The van der Waals surface area contributed by atoms with Gasteiger partial charge in [0.25, 0.3) is 0 Å². The zero-order valence-electron chi connectivity index (χ0n) is 8.52. The Morgan fingerprint density at radius 2 is 2.21 bits per heavy atom. The predicted molar refractivity (Wildman–Crippen MR) is 54.9 cm³/mol. The summed E-state index contributed by atoms with van der Waals surface area (Å²) < 4.78 is 2.17. The van der Waals surface area contributed by atoms with Crippen LogP contribution in [0, 0.1) is 0 Å². The molecule has 0 aliphatic heterocycles. The molecule has 1 aromatic heterocycles. The van der Waals surface area contributed by atoms with E-state index in [0.29, 0.717) is 5.92 Å². The first kappa shape index (κ1) is 9.65. The Hall–Kier alpha value is -0.900. The summed E-state index contributed by atoms with van der Waals surface area (Å²) in [7, 11) is 0. The van der Waals surface area contributed by atoms with Crippen LogP contribution >= 0.6 is 0 Å². The molecular formula is C10H18N4. The Morgan fingerprint density at radius 3 is 2.93 bits per heavy atom. The van der Waals surface area contributed by atoms with Crippen molar-refractivity contribution < 1.29 is 0 Å². The molecule has 0 bridgehead atoms. The van der Waals surface area contributed by atoms with Crippen LogP contribution in [-0.2, 0) is 6.54 Å². The normalized spacial score (nSPS) is 17.8. The lowest BCUT2D eigenvalue weighted by molar-refractivity contribution is 0.565. The first-order valence-electron chi connectivity index (χ1n) is 5.49. The van der Waals surface area contributed by atoms with Crippen molar-refractivity contribution >= 4 is 0 Å². The van der Waals surface area contributed by atoms with Gasteiger partial charge in [-0.2, -0.15) is 0 Å². The van der Waals surface area contributed by atoms with Crippen molar-refractivity contribution in [3.63, 3.8) is 0 Å². The highest BCUT2D eigenvalue weighted by atomic mass is 15.3. The van der Waals surface area contributed by atoms with Crippen LogP contribution in [0.15, 0.2) is 6.33 Å². The summed E-state index contributed by atoms with van der Waals surface area (Å²) in [6.07, 6.45) is 8.09. The second kappa shape index (κ2) is 4.55. The third-order valence-electron chi connectivity index (χ3n) is 2.97. The maximum atomic E-state index is 5.49. The third-order valence-corrected chi connectivity index (χ3v) is 2.97. The molecule has 2 rings (SSSR count). The van der Waals surface area contributed by atoms with Crippen molar-refractivity contribution in [3.8, 4) is 0 Å². The average molecular weight is 194 g/mol. The summed E-state index contributed by atoms with van der Waals surface area (Å²) in [6, 6.07) is 0. The van der Waals surface area contributed by atoms with Gasteiger partial charge in [-0.05, 0) is 25.8 Å². The van der Waals surface area contributed by atoms with Crippen LogP contribution in [0.5, 0.6) is 0 Å². The fraction of sp³-hybridized carbons (Fsp3) is 0.800. The molecule has 0 unspecified atom stereocenters. The second-order valence-corrected chi connectivity index (χ2v) is 4.01. The van der Waals surface area contributed by atoms with Crippen LogP contribution in [0.25, 0.3) is 0 Å². The second-order valence-electron chi connectivity index (χ2n) is 4.01. The highest BCUT2D eigenvalue weighted by molar-refractivity contribution is 4.98. The van der Waals surface area contributed by atoms with Crippen LogP contribution in [-0.4, -0.2) is 21.3 Å². The lowest BCUT2D eigenvalue weighted by atomic mass is 10.1. The van der Waals surface area contributed by atoms with E-state index in [1.165, 1.54) is 31.5 Å². The molecule has 0 saturated heterocycles. The highest BCUT2D eigenvalue weighted by Crippen LogP contribution is 2.32. The molecule has 4 heteroatoms.